The van der Waals surface area contributed by atoms with Crippen LogP contribution in [0.1, 0.15) is 50.7 Å². The maximum absolute atomic E-state index is 11.9. The number of carboxylic acids is 1. The van der Waals surface area contributed by atoms with Gasteiger partial charge in [-0.1, -0.05) is 19.4 Å². The summed E-state index contributed by atoms with van der Waals surface area (Å²) < 4.78 is 5.39. The molecule has 114 valence electrons. The van der Waals surface area contributed by atoms with Crippen LogP contribution < -0.4 is 4.74 Å². The molecule has 3 heteroatoms. The van der Waals surface area contributed by atoms with Crippen LogP contribution in [0.15, 0.2) is 18.2 Å². The minimum atomic E-state index is -0.634. The highest BCUT2D eigenvalue weighted by Gasteiger charge is 2.55. The lowest BCUT2D eigenvalue weighted by Gasteiger charge is -2.53. The predicted octanol–water partition coefficient (Wildman–Crippen LogP) is 3.79. The second kappa shape index (κ2) is 4.75. The van der Waals surface area contributed by atoms with Crippen LogP contribution in [-0.2, 0) is 16.6 Å². The summed E-state index contributed by atoms with van der Waals surface area (Å²) in [5.41, 5.74) is 2.02. The highest BCUT2D eigenvalue weighted by atomic mass is 16.5. The number of hydrogen-bond acceptors (Lipinski definition) is 2. The van der Waals surface area contributed by atoms with Crippen molar-refractivity contribution in [2.75, 3.05) is 7.11 Å². The molecule has 0 aromatic heterocycles. The summed E-state index contributed by atoms with van der Waals surface area (Å²) in [5, 5.41) is 9.77. The summed E-state index contributed by atoms with van der Waals surface area (Å²) >= 11 is 0. The average molecular weight is 288 g/mol. The van der Waals surface area contributed by atoms with Crippen molar-refractivity contribution in [3.8, 4) is 5.75 Å². The van der Waals surface area contributed by atoms with Gasteiger partial charge in [0.2, 0.25) is 0 Å². The van der Waals surface area contributed by atoms with Crippen molar-refractivity contribution < 1.29 is 14.6 Å². The normalized spacial score (nSPS) is 34.7. The molecule has 0 saturated heterocycles. The first-order valence-corrected chi connectivity index (χ1v) is 7.82. The van der Waals surface area contributed by atoms with Gasteiger partial charge >= 0.3 is 5.97 Å². The second-order valence-corrected chi connectivity index (χ2v) is 7.11. The van der Waals surface area contributed by atoms with Gasteiger partial charge in [0.25, 0.3) is 0 Å². The summed E-state index contributed by atoms with van der Waals surface area (Å²) in [6.45, 7) is 4.21. The largest absolute Gasteiger partial charge is 0.497 e. The standard InChI is InChI=1S/C18H24O3/c1-17-9-4-10-18(2,16(19)20)15(17)8-6-12-5-7-13(21-3)11-14(12)17/h5,7,11,15H,4,6,8-10H2,1-3H3,(H,19,20)/t15-,17+,18-/m0/s1. The van der Waals surface area contributed by atoms with Crippen LogP contribution in [0.5, 0.6) is 5.75 Å². The van der Waals surface area contributed by atoms with E-state index in [2.05, 4.69) is 19.1 Å². The molecule has 3 nitrogen and oxygen atoms in total. The molecule has 2 aliphatic carbocycles. The van der Waals surface area contributed by atoms with E-state index in [0.29, 0.717) is 0 Å². The predicted molar refractivity (Wildman–Crippen MR) is 81.8 cm³/mol. The second-order valence-electron chi connectivity index (χ2n) is 7.11. The van der Waals surface area contributed by atoms with Gasteiger partial charge in [-0.3, -0.25) is 4.79 Å². The summed E-state index contributed by atoms with van der Waals surface area (Å²) in [5.74, 6) is 0.443. The number of carboxylic acid groups (broad SMARTS) is 1. The maximum Gasteiger partial charge on any atom is 0.309 e. The third kappa shape index (κ3) is 1.97. The van der Waals surface area contributed by atoms with Gasteiger partial charge < -0.3 is 9.84 Å². The molecule has 0 radical (unpaired) electrons. The number of methoxy groups -OCH3 is 1. The van der Waals surface area contributed by atoms with Crippen LogP contribution in [0.2, 0.25) is 0 Å². The fraction of sp³-hybridized carbons (Fsp3) is 0.611. The Morgan fingerprint density at radius 1 is 1.33 bits per heavy atom. The van der Waals surface area contributed by atoms with Crippen molar-refractivity contribution in [2.45, 2.75) is 51.4 Å². The van der Waals surface area contributed by atoms with E-state index in [4.69, 9.17) is 4.74 Å². The fourth-order valence-corrected chi connectivity index (χ4v) is 4.82. The van der Waals surface area contributed by atoms with Crippen LogP contribution >= 0.6 is 0 Å². The smallest absolute Gasteiger partial charge is 0.309 e. The van der Waals surface area contributed by atoms with Crippen LogP contribution in [-0.4, -0.2) is 18.2 Å². The number of aliphatic carboxylic acids is 1. The number of carbonyl (C=O) groups is 1. The van der Waals surface area contributed by atoms with E-state index in [-0.39, 0.29) is 11.3 Å². The van der Waals surface area contributed by atoms with Gasteiger partial charge in [-0.05, 0) is 67.2 Å². The first-order chi connectivity index (χ1) is 9.91. The molecule has 1 saturated carbocycles. The van der Waals surface area contributed by atoms with Gasteiger partial charge in [-0.2, -0.15) is 0 Å². The Labute approximate surface area is 126 Å². The number of rotatable bonds is 2. The maximum atomic E-state index is 11.9. The van der Waals surface area contributed by atoms with Crippen molar-refractivity contribution in [1.29, 1.82) is 0 Å². The molecule has 1 aromatic rings. The van der Waals surface area contributed by atoms with Gasteiger partial charge in [0.15, 0.2) is 0 Å². The molecule has 0 spiro atoms. The van der Waals surface area contributed by atoms with Crippen molar-refractivity contribution in [1.82, 2.24) is 0 Å². The third-order valence-electron chi connectivity index (χ3n) is 6.05. The van der Waals surface area contributed by atoms with Crippen LogP contribution in [0.4, 0.5) is 0 Å². The number of benzene rings is 1. The van der Waals surface area contributed by atoms with Gasteiger partial charge in [-0.15, -0.1) is 0 Å². The molecule has 3 rings (SSSR count). The van der Waals surface area contributed by atoms with E-state index in [9.17, 15) is 9.90 Å². The highest BCUT2D eigenvalue weighted by molar-refractivity contribution is 5.75. The van der Waals surface area contributed by atoms with Crippen molar-refractivity contribution in [2.24, 2.45) is 11.3 Å². The Balaban J connectivity index is 2.12. The van der Waals surface area contributed by atoms with E-state index in [1.54, 1.807) is 7.11 Å². The number of fused-ring (bicyclic) bond motifs is 3. The lowest BCUT2D eigenvalue weighted by Crippen LogP contribution is -2.52. The van der Waals surface area contributed by atoms with E-state index < -0.39 is 11.4 Å². The Morgan fingerprint density at radius 2 is 2.10 bits per heavy atom. The molecule has 0 unspecified atom stereocenters. The van der Waals surface area contributed by atoms with Crippen LogP contribution in [0.3, 0.4) is 0 Å². The van der Waals surface area contributed by atoms with Crippen LogP contribution in [0, 0.1) is 11.3 Å². The van der Waals surface area contributed by atoms with Gasteiger partial charge in [0.1, 0.15) is 5.75 Å². The van der Waals surface area contributed by atoms with Gasteiger partial charge in [0, 0.05) is 0 Å². The number of aryl methyl sites for hydroxylation is 1. The Hall–Kier alpha value is -1.51. The molecule has 0 aliphatic heterocycles. The topological polar surface area (TPSA) is 46.5 Å². The molecule has 0 amide bonds. The Kier molecular flexibility index (Phi) is 3.27. The lowest BCUT2D eigenvalue weighted by molar-refractivity contribution is -0.157. The Morgan fingerprint density at radius 3 is 2.76 bits per heavy atom. The van der Waals surface area contributed by atoms with E-state index in [1.165, 1.54) is 11.1 Å². The van der Waals surface area contributed by atoms with E-state index in [1.807, 2.05) is 13.0 Å². The minimum absolute atomic E-state index is 0.0481. The molecule has 1 N–H and O–H groups in total. The number of ether oxygens (including phenoxy) is 1. The molecule has 3 atom stereocenters. The molecular weight excluding hydrogens is 264 g/mol. The SMILES string of the molecule is COc1ccc2c(c1)[C@@]1(C)CCC[C@](C)(C(=O)O)[C@H]1CC2. The fourth-order valence-electron chi connectivity index (χ4n) is 4.82. The van der Waals surface area contributed by atoms with E-state index >= 15 is 0 Å². The highest BCUT2D eigenvalue weighted by Crippen LogP contribution is 2.57. The number of hydrogen-bond donors (Lipinski definition) is 1. The first kappa shape index (κ1) is 14.4. The molecule has 0 heterocycles. The van der Waals surface area contributed by atoms with Crippen molar-refractivity contribution in [3.05, 3.63) is 29.3 Å². The quantitative estimate of drug-likeness (QED) is 0.900. The zero-order valence-corrected chi connectivity index (χ0v) is 13.1. The zero-order chi connectivity index (χ0) is 15.3. The van der Waals surface area contributed by atoms with Gasteiger partial charge in [-0.25, -0.2) is 0 Å². The summed E-state index contributed by atoms with van der Waals surface area (Å²) in [6.07, 6.45) is 4.79. The average Bonchev–Trinajstić information content (AvgIpc) is 2.46. The van der Waals surface area contributed by atoms with Crippen LogP contribution in [0.25, 0.3) is 0 Å². The molecule has 1 fully saturated rings. The Bertz CT molecular complexity index is 580. The van der Waals surface area contributed by atoms with E-state index in [0.717, 1.165) is 37.9 Å². The van der Waals surface area contributed by atoms with Crippen molar-refractivity contribution in [3.63, 3.8) is 0 Å². The van der Waals surface area contributed by atoms with Crippen molar-refractivity contribution >= 4 is 5.97 Å². The summed E-state index contributed by atoms with van der Waals surface area (Å²) in [6, 6.07) is 6.30. The monoisotopic (exact) mass is 288 g/mol. The molecule has 21 heavy (non-hydrogen) atoms. The summed E-state index contributed by atoms with van der Waals surface area (Å²) in [4.78, 5) is 11.9. The molecular formula is C18H24O3. The summed E-state index contributed by atoms with van der Waals surface area (Å²) in [7, 11) is 1.69. The first-order valence-electron chi connectivity index (χ1n) is 7.82. The lowest BCUT2D eigenvalue weighted by atomic mass is 9.50. The van der Waals surface area contributed by atoms with Gasteiger partial charge in [0.05, 0.1) is 12.5 Å². The molecule has 0 bridgehead atoms. The zero-order valence-electron chi connectivity index (χ0n) is 13.1. The minimum Gasteiger partial charge on any atom is -0.497 e. The third-order valence-corrected chi connectivity index (χ3v) is 6.05. The molecule has 1 aromatic carbocycles. The molecule has 2 aliphatic rings.